The van der Waals surface area contributed by atoms with Gasteiger partial charge in [-0.25, -0.2) is 4.39 Å². The maximum absolute atomic E-state index is 13.8. The van der Waals surface area contributed by atoms with E-state index in [9.17, 15) is 9.18 Å². The number of hydrogen-bond acceptors (Lipinski definition) is 6. The molecule has 5 nitrogen and oxygen atoms in total. The lowest BCUT2D eigenvalue weighted by Gasteiger charge is -2.36. The van der Waals surface area contributed by atoms with Gasteiger partial charge in [0.1, 0.15) is 5.82 Å². The second-order valence-corrected chi connectivity index (χ2v) is 7.12. The molecule has 128 valence electrons. The molecule has 0 N–H and O–H groups in total. The first-order valence-electron chi connectivity index (χ1n) is 7.78. The van der Waals surface area contributed by atoms with Gasteiger partial charge in [-0.1, -0.05) is 12.1 Å². The van der Waals surface area contributed by atoms with Crippen LogP contribution < -0.4 is 4.90 Å². The number of anilines is 1. The van der Waals surface area contributed by atoms with Gasteiger partial charge in [0.05, 0.1) is 34.6 Å². The highest BCUT2D eigenvalue weighted by molar-refractivity contribution is 7.99. The van der Waals surface area contributed by atoms with E-state index in [2.05, 4.69) is 8.75 Å². The van der Waals surface area contributed by atoms with Crippen LogP contribution in [0, 0.1) is 12.7 Å². The SMILES string of the molecule is Cc1nsnc1CSCC(=O)N1CCN(c2ccccc2F)CC1. The van der Waals surface area contributed by atoms with Crippen LogP contribution in [-0.4, -0.2) is 51.5 Å². The summed E-state index contributed by atoms with van der Waals surface area (Å²) in [5.74, 6) is 1.08. The molecule has 0 unspecified atom stereocenters. The average molecular weight is 366 g/mol. The molecule has 0 radical (unpaired) electrons. The number of thioether (sulfide) groups is 1. The van der Waals surface area contributed by atoms with Gasteiger partial charge in [0.2, 0.25) is 5.91 Å². The monoisotopic (exact) mass is 366 g/mol. The van der Waals surface area contributed by atoms with Crippen molar-refractivity contribution in [3.05, 3.63) is 41.5 Å². The highest BCUT2D eigenvalue weighted by Gasteiger charge is 2.22. The normalized spacial score (nSPS) is 14.9. The minimum atomic E-state index is -0.208. The van der Waals surface area contributed by atoms with Crippen LogP contribution >= 0.6 is 23.5 Å². The highest BCUT2D eigenvalue weighted by Crippen LogP contribution is 2.21. The number of piperazine rings is 1. The smallest absolute Gasteiger partial charge is 0.232 e. The molecule has 1 aliphatic heterocycles. The molecule has 1 aliphatic rings. The van der Waals surface area contributed by atoms with Crippen molar-refractivity contribution in [2.45, 2.75) is 12.7 Å². The van der Waals surface area contributed by atoms with Crippen molar-refractivity contribution in [1.29, 1.82) is 0 Å². The van der Waals surface area contributed by atoms with Gasteiger partial charge in [0.15, 0.2) is 0 Å². The summed E-state index contributed by atoms with van der Waals surface area (Å²) in [4.78, 5) is 16.2. The third-order valence-corrected chi connectivity index (χ3v) is 5.62. The van der Waals surface area contributed by atoms with Crippen LogP contribution in [0.15, 0.2) is 24.3 Å². The molecule has 0 aliphatic carbocycles. The molecule has 2 aromatic rings. The molecule has 1 saturated heterocycles. The fraction of sp³-hybridized carbons (Fsp3) is 0.438. The van der Waals surface area contributed by atoms with E-state index in [0.29, 0.717) is 43.4 Å². The molecular formula is C16H19FN4OS2. The van der Waals surface area contributed by atoms with Gasteiger partial charge in [-0.05, 0) is 19.1 Å². The molecule has 0 bridgehead atoms. The van der Waals surface area contributed by atoms with Crippen molar-refractivity contribution in [1.82, 2.24) is 13.6 Å². The Labute approximate surface area is 149 Å². The van der Waals surface area contributed by atoms with Crippen LogP contribution in [0.5, 0.6) is 0 Å². The number of hydrogen-bond donors (Lipinski definition) is 0. The van der Waals surface area contributed by atoms with E-state index < -0.39 is 0 Å². The van der Waals surface area contributed by atoms with E-state index in [0.717, 1.165) is 11.4 Å². The fourth-order valence-electron chi connectivity index (χ4n) is 2.61. The Kier molecular flexibility index (Phi) is 5.68. The second-order valence-electron chi connectivity index (χ2n) is 5.61. The van der Waals surface area contributed by atoms with Gasteiger partial charge >= 0.3 is 0 Å². The largest absolute Gasteiger partial charge is 0.366 e. The predicted molar refractivity (Wildman–Crippen MR) is 96.0 cm³/mol. The first-order valence-corrected chi connectivity index (χ1v) is 9.66. The number of aromatic nitrogens is 2. The highest BCUT2D eigenvalue weighted by atomic mass is 32.2. The molecule has 24 heavy (non-hydrogen) atoms. The standard InChI is InChI=1S/C16H19FN4OS2/c1-12-14(19-24-18-12)10-23-11-16(22)21-8-6-20(7-9-21)15-5-3-2-4-13(15)17/h2-5H,6-11H2,1H3. The average Bonchev–Trinajstić information content (AvgIpc) is 3.00. The lowest BCUT2D eigenvalue weighted by Crippen LogP contribution is -2.49. The molecule has 1 aromatic carbocycles. The summed E-state index contributed by atoms with van der Waals surface area (Å²) in [5, 5.41) is 0. The minimum Gasteiger partial charge on any atom is -0.366 e. The Bertz CT molecular complexity index is 701. The summed E-state index contributed by atoms with van der Waals surface area (Å²) in [6, 6.07) is 6.78. The number of nitrogens with zero attached hydrogens (tertiary/aromatic N) is 4. The molecule has 0 saturated carbocycles. The Hall–Kier alpha value is -1.67. The number of benzene rings is 1. The molecular weight excluding hydrogens is 347 g/mol. The van der Waals surface area contributed by atoms with Crippen molar-refractivity contribution in [3.63, 3.8) is 0 Å². The van der Waals surface area contributed by atoms with Crippen LogP contribution in [-0.2, 0) is 10.5 Å². The summed E-state index contributed by atoms with van der Waals surface area (Å²) in [6.45, 7) is 4.51. The van der Waals surface area contributed by atoms with Crippen molar-refractivity contribution < 1.29 is 9.18 Å². The van der Waals surface area contributed by atoms with E-state index in [1.54, 1.807) is 23.9 Å². The summed E-state index contributed by atoms with van der Waals surface area (Å²) >= 11 is 2.77. The minimum absolute atomic E-state index is 0.133. The van der Waals surface area contributed by atoms with Crippen molar-refractivity contribution in [2.24, 2.45) is 0 Å². The molecule has 1 amide bonds. The maximum atomic E-state index is 13.8. The zero-order valence-corrected chi connectivity index (χ0v) is 15.1. The third kappa shape index (κ3) is 4.05. The van der Waals surface area contributed by atoms with Gasteiger partial charge in [0, 0.05) is 31.9 Å². The van der Waals surface area contributed by atoms with E-state index in [-0.39, 0.29) is 11.7 Å². The fourth-order valence-corrected chi connectivity index (χ4v) is 4.18. The van der Waals surface area contributed by atoms with Gasteiger partial charge in [-0.3, -0.25) is 4.79 Å². The molecule has 1 fully saturated rings. The van der Waals surface area contributed by atoms with Gasteiger partial charge < -0.3 is 9.80 Å². The van der Waals surface area contributed by atoms with Crippen molar-refractivity contribution in [3.8, 4) is 0 Å². The molecule has 0 spiro atoms. The summed E-state index contributed by atoms with van der Waals surface area (Å²) in [6.07, 6.45) is 0. The van der Waals surface area contributed by atoms with E-state index in [1.807, 2.05) is 22.8 Å². The lowest BCUT2D eigenvalue weighted by molar-refractivity contribution is -0.128. The van der Waals surface area contributed by atoms with Gasteiger partial charge in [0.25, 0.3) is 0 Å². The van der Waals surface area contributed by atoms with Crippen molar-refractivity contribution >= 4 is 35.1 Å². The Balaban J connectivity index is 1.45. The predicted octanol–water partition coefficient (Wildman–Crippen LogP) is 2.57. The van der Waals surface area contributed by atoms with Crippen LogP contribution in [0.3, 0.4) is 0 Å². The summed E-state index contributed by atoms with van der Waals surface area (Å²) in [7, 11) is 0. The summed E-state index contributed by atoms with van der Waals surface area (Å²) < 4.78 is 22.2. The van der Waals surface area contributed by atoms with Gasteiger partial charge in [-0.2, -0.15) is 8.75 Å². The first kappa shape index (κ1) is 17.2. The van der Waals surface area contributed by atoms with E-state index in [4.69, 9.17) is 0 Å². The molecule has 3 rings (SSSR count). The van der Waals surface area contributed by atoms with E-state index >= 15 is 0 Å². The van der Waals surface area contributed by atoms with Crippen LogP contribution in [0.4, 0.5) is 10.1 Å². The number of carbonyl (C=O) groups excluding carboxylic acids is 1. The Morgan fingerprint density at radius 2 is 2.00 bits per heavy atom. The molecule has 1 aromatic heterocycles. The number of para-hydroxylation sites is 1. The quantitative estimate of drug-likeness (QED) is 0.814. The Morgan fingerprint density at radius 1 is 1.25 bits per heavy atom. The number of amides is 1. The van der Waals surface area contributed by atoms with E-state index in [1.165, 1.54) is 17.8 Å². The molecule has 0 atom stereocenters. The third-order valence-electron chi connectivity index (χ3n) is 4.04. The number of carbonyl (C=O) groups is 1. The number of rotatable bonds is 5. The Morgan fingerprint density at radius 3 is 2.67 bits per heavy atom. The van der Waals surface area contributed by atoms with Gasteiger partial charge in [-0.15, -0.1) is 11.8 Å². The van der Waals surface area contributed by atoms with Crippen molar-refractivity contribution in [2.75, 3.05) is 36.8 Å². The van der Waals surface area contributed by atoms with Crippen LogP contribution in [0.25, 0.3) is 0 Å². The topological polar surface area (TPSA) is 49.3 Å². The maximum Gasteiger partial charge on any atom is 0.232 e. The molecule has 8 heteroatoms. The number of aryl methyl sites for hydroxylation is 1. The van der Waals surface area contributed by atoms with Crippen LogP contribution in [0.1, 0.15) is 11.4 Å². The second kappa shape index (κ2) is 7.94. The zero-order chi connectivity index (χ0) is 16.9. The first-order chi connectivity index (χ1) is 11.6. The zero-order valence-electron chi connectivity index (χ0n) is 13.4. The summed E-state index contributed by atoms with van der Waals surface area (Å²) in [5.41, 5.74) is 2.52. The van der Waals surface area contributed by atoms with Crippen LogP contribution in [0.2, 0.25) is 0 Å². The lowest BCUT2D eigenvalue weighted by atomic mass is 10.2. The number of halogens is 1. The molecule has 2 heterocycles.